The first kappa shape index (κ1) is 10.1. The number of rotatable bonds is 2. The molecule has 1 aromatic rings. The number of hydrogen-bond donors (Lipinski definition) is 0. The molecule has 0 aromatic carbocycles. The summed E-state index contributed by atoms with van der Waals surface area (Å²) in [5, 5.41) is 0. The van der Waals surface area contributed by atoms with Crippen molar-refractivity contribution >= 4 is 0 Å². The van der Waals surface area contributed by atoms with Gasteiger partial charge in [0.1, 0.15) is 0 Å². The Kier molecular flexibility index (Phi) is 2.96. The number of hydrogen-bond acceptors (Lipinski definition) is 1. The van der Waals surface area contributed by atoms with Gasteiger partial charge in [0, 0.05) is 31.5 Å². The fourth-order valence-corrected chi connectivity index (χ4v) is 1.28. The zero-order valence-corrected chi connectivity index (χ0v) is 9.15. The van der Waals surface area contributed by atoms with E-state index in [1.807, 2.05) is 13.2 Å². The van der Waals surface area contributed by atoms with Crippen LogP contribution in [0, 0.1) is 0 Å². The van der Waals surface area contributed by atoms with E-state index in [1.165, 1.54) is 0 Å². The Morgan fingerprint density at radius 2 is 1.77 bits per heavy atom. The molecule has 0 bridgehead atoms. The predicted molar refractivity (Wildman–Crippen MR) is 54.5 cm³/mol. The normalized spacial score (nSPS) is 13.3. The third-order valence-electron chi connectivity index (χ3n) is 1.93. The summed E-state index contributed by atoms with van der Waals surface area (Å²) in [5.41, 5.74) is 1.05. The van der Waals surface area contributed by atoms with E-state index in [0.717, 1.165) is 5.62 Å². The van der Waals surface area contributed by atoms with E-state index in [0.29, 0.717) is 12.1 Å². The molecule has 0 saturated heterocycles. The van der Waals surface area contributed by atoms with Crippen molar-refractivity contribution in [2.24, 2.45) is 12.0 Å². The minimum Gasteiger partial charge on any atom is -0.321 e. The van der Waals surface area contributed by atoms with Gasteiger partial charge in [0.2, 0.25) is 5.62 Å². The number of aromatic nitrogens is 2. The van der Waals surface area contributed by atoms with Crippen LogP contribution in [0.5, 0.6) is 0 Å². The Labute approximate surface area is 79.7 Å². The molecule has 3 nitrogen and oxygen atoms in total. The number of imidazole rings is 1. The van der Waals surface area contributed by atoms with Crippen molar-refractivity contribution < 1.29 is 0 Å². The lowest BCUT2D eigenvalue weighted by molar-refractivity contribution is 0.543. The zero-order valence-electron chi connectivity index (χ0n) is 9.15. The summed E-state index contributed by atoms with van der Waals surface area (Å²) in [6.45, 7) is 8.52. The molecule has 13 heavy (non-hydrogen) atoms. The molecule has 1 rings (SSSR count). The van der Waals surface area contributed by atoms with Crippen LogP contribution in [0.25, 0.3) is 0 Å². The van der Waals surface area contributed by atoms with Crippen LogP contribution in [-0.2, 0) is 7.05 Å². The maximum atomic E-state index is 4.57. The highest BCUT2D eigenvalue weighted by Crippen LogP contribution is 1.98. The van der Waals surface area contributed by atoms with Gasteiger partial charge in [-0.3, -0.25) is 0 Å². The first-order valence-electron chi connectivity index (χ1n) is 4.79. The molecular formula is C10H19N3. The fourth-order valence-electron chi connectivity index (χ4n) is 1.28. The van der Waals surface area contributed by atoms with Crippen LogP contribution in [0.15, 0.2) is 17.4 Å². The summed E-state index contributed by atoms with van der Waals surface area (Å²) < 4.78 is 4.24. The van der Waals surface area contributed by atoms with Crippen molar-refractivity contribution in [1.29, 1.82) is 0 Å². The number of aryl methyl sites for hydroxylation is 1. The quantitative estimate of drug-likeness (QED) is 0.663. The SMILES string of the molecule is CC(C)N=c1n(C)ccn1C(C)C. The van der Waals surface area contributed by atoms with Gasteiger partial charge in [-0.1, -0.05) is 0 Å². The topological polar surface area (TPSA) is 22.2 Å². The van der Waals surface area contributed by atoms with Crippen molar-refractivity contribution in [2.75, 3.05) is 0 Å². The van der Waals surface area contributed by atoms with Gasteiger partial charge in [0.25, 0.3) is 0 Å². The Hall–Kier alpha value is -0.990. The van der Waals surface area contributed by atoms with Gasteiger partial charge >= 0.3 is 0 Å². The standard InChI is InChI=1S/C10H19N3/c1-8(2)11-10-12(5)6-7-13(10)9(3)4/h6-9H,1-5H3. The van der Waals surface area contributed by atoms with Crippen LogP contribution < -0.4 is 5.62 Å². The van der Waals surface area contributed by atoms with Crippen molar-refractivity contribution in [2.45, 2.75) is 39.8 Å². The molecule has 0 aliphatic carbocycles. The van der Waals surface area contributed by atoms with Gasteiger partial charge in [-0.15, -0.1) is 0 Å². The van der Waals surface area contributed by atoms with Crippen molar-refractivity contribution in [3.05, 3.63) is 18.0 Å². The first-order valence-corrected chi connectivity index (χ1v) is 4.79. The molecule has 0 saturated carbocycles. The molecule has 0 unspecified atom stereocenters. The monoisotopic (exact) mass is 181 g/mol. The second kappa shape index (κ2) is 3.81. The van der Waals surface area contributed by atoms with Crippen LogP contribution in [0.4, 0.5) is 0 Å². The second-order valence-electron chi connectivity index (χ2n) is 3.93. The molecule has 74 valence electrons. The summed E-state index contributed by atoms with van der Waals surface area (Å²) in [6.07, 6.45) is 4.12. The summed E-state index contributed by atoms with van der Waals surface area (Å²) in [5.74, 6) is 0. The fraction of sp³-hybridized carbons (Fsp3) is 0.700. The molecule has 0 atom stereocenters. The van der Waals surface area contributed by atoms with E-state index in [4.69, 9.17) is 0 Å². The van der Waals surface area contributed by atoms with Gasteiger partial charge in [-0.05, 0) is 27.7 Å². The molecule has 0 N–H and O–H groups in total. The molecule has 0 fully saturated rings. The zero-order chi connectivity index (χ0) is 10.0. The highest BCUT2D eigenvalue weighted by molar-refractivity contribution is 4.82. The molecule has 0 aliphatic rings. The molecule has 0 aliphatic heterocycles. The third kappa shape index (κ3) is 2.23. The second-order valence-corrected chi connectivity index (χ2v) is 3.93. The van der Waals surface area contributed by atoms with E-state index in [2.05, 4.69) is 48.0 Å². The van der Waals surface area contributed by atoms with Crippen LogP contribution in [0.1, 0.15) is 33.7 Å². The smallest absolute Gasteiger partial charge is 0.205 e. The summed E-state index contributed by atoms with van der Waals surface area (Å²) in [4.78, 5) is 4.57. The molecule has 1 heterocycles. The van der Waals surface area contributed by atoms with Gasteiger partial charge in [-0.25, -0.2) is 4.99 Å². The molecular weight excluding hydrogens is 162 g/mol. The predicted octanol–water partition coefficient (Wildman–Crippen LogP) is 1.72. The van der Waals surface area contributed by atoms with Crippen LogP contribution in [0.2, 0.25) is 0 Å². The first-order chi connectivity index (χ1) is 6.02. The average molecular weight is 181 g/mol. The lowest BCUT2D eigenvalue weighted by Crippen LogP contribution is -2.26. The van der Waals surface area contributed by atoms with Gasteiger partial charge in [0.15, 0.2) is 0 Å². The van der Waals surface area contributed by atoms with Crippen molar-refractivity contribution in [3.63, 3.8) is 0 Å². The Bertz CT molecular complexity index is 328. The lowest BCUT2D eigenvalue weighted by Gasteiger charge is -2.07. The van der Waals surface area contributed by atoms with E-state index in [-0.39, 0.29) is 0 Å². The molecule has 0 radical (unpaired) electrons. The van der Waals surface area contributed by atoms with Gasteiger partial charge < -0.3 is 9.13 Å². The maximum absolute atomic E-state index is 4.57. The van der Waals surface area contributed by atoms with Gasteiger partial charge in [-0.2, -0.15) is 0 Å². The summed E-state index contributed by atoms with van der Waals surface area (Å²) >= 11 is 0. The van der Waals surface area contributed by atoms with Crippen molar-refractivity contribution in [1.82, 2.24) is 9.13 Å². The van der Waals surface area contributed by atoms with E-state index in [1.54, 1.807) is 0 Å². The van der Waals surface area contributed by atoms with Crippen LogP contribution in [-0.4, -0.2) is 15.2 Å². The largest absolute Gasteiger partial charge is 0.321 e. The molecule has 1 aromatic heterocycles. The van der Waals surface area contributed by atoms with Crippen LogP contribution >= 0.6 is 0 Å². The minimum absolute atomic E-state index is 0.346. The molecule has 0 spiro atoms. The van der Waals surface area contributed by atoms with E-state index in [9.17, 15) is 0 Å². The average Bonchev–Trinajstić information content (AvgIpc) is 2.32. The van der Waals surface area contributed by atoms with E-state index >= 15 is 0 Å². The highest BCUT2D eigenvalue weighted by Gasteiger charge is 2.01. The van der Waals surface area contributed by atoms with Crippen LogP contribution in [0.3, 0.4) is 0 Å². The Balaban J connectivity index is 3.24. The van der Waals surface area contributed by atoms with Gasteiger partial charge in [0.05, 0.1) is 0 Å². The third-order valence-corrected chi connectivity index (χ3v) is 1.93. The Morgan fingerprint density at radius 1 is 1.15 bits per heavy atom. The highest BCUT2D eigenvalue weighted by atomic mass is 15.2. The minimum atomic E-state index is 0.346. The van der Waals surface area contributed by atoms with Crippen molar-refractivity contribution in [3.8, 4) is 0 Å². The molecule has 3 heteroatoms. The Morgan fingerprint density at radius 3 is 2.23 bits per heavy atom. The number of nitrogens with zero attached hydrogens (tertiary/aromatic N) is 3. The summed E-state index contributed by atoms with van der Waals surface area (Å²) in [6, 6.07) is 0.817. The van der Waals surface area contributed by atoms with E-state index < -0.39 is 0 Å². The lowest BCUT2D eigenvalue weighted by atomic mass is 10.4. The summed E-state index contributed by atoms with van der Waals surface area (Å²) in [7, 11) is 2.03. The molecule has 0 amide bonds. The maximum Gasteiger partial charge on any atom is 0.205 e.